The maximum Gasteiger partial charge on any atom is 0.0875 e. The monoisotopic (exact) mass is 264 g/mol. The third kappa shape index (κ3) is 1.73. The van der Waals surface area contributed by atoms with Crippen LogP contribution in [-0.2, 0) is 17.6 Å². The summed E-state index contributed by atoms with van der Waals surface area (Å²) in [6, 6.07) is 9.01. The number of hydrogen-bond donors (Lipinski definition) is 0. The molecule has 2 aromatic carbocycles. The molecule has 4 rings (SSSR count). The Bertz CT molecular complexity index is 709. The van der Waals surface area contributed by atoms with Gasteiger partial charge in [-0.1, -0.05) is 30.4 Å². The highest BCUT2D eigenvalue weighted by Gasteiger charge is 2.29. The van der Waals surface area contributed by atoms with Crippen LogP contribution in [-0.4, -0.2) is 6.10 Å². The molecule has 0 bridgehead atoms. The predicted octanol–water partition coefficient (Wildman–Crippen LogP) is 4.82. The summed E-state index contributed by atoms with van der Waals surface area (Å²) >= 11 is 0. The minimum Gasteiger partial charge on any atom is -0.371 e. The number of hydrogen-bond acceptors (Lipinski definition) is 1. The van der Waals surface area contributed by atoms with E-state index in [4.69, 9.17) is 4.74 Å². The maximum atomic E-state index is 6.16. The molecule has 0 aromatic heterocycles. The van der Waals surface area contributed by atoms with Crippen LogP contribution in [0.25, 0.3) is 16.8 Å². The van der Waals surface area contributed by atoms with Gasteiger partial charge >= 0.3 is 0 Å². The van der Waals surface area contributed by atoms with E-state index in [2.05, 4.69) is 50.3 Å². The molecule has 0 N–H and O–H groups in total. The van der Waals surface area contributed by atoms with Gasteiger partial charge in [0.05, 0.1) is 12.2 Å². The van der Waals surface area contributed by atoms with E-state index < -0.39 is 0 Å². The van der Waals surface area contributed by atoms with Crippen molar-refractivity contribution in [2.75, 3.05) is 0 Å². The van der Waals surface area contributed by atoms with Crippen molar-refractivity contribution < 1.29 is 4.74 Å². The summed E-state index contributed by atoms with van der Waals surface area (Å²) in [7, 11) is 0. The molecule has 0 amide bonds. The number of rotatable bonds is 2. The van der Waals surface area contributed by atoms with Gasteiger partial charge in [0, 0.05) is 6.42 Å². The minimum atomic E-state index is 0.242. The van der Waals surface area contributed by atoms with Gasteiger partial charge in [-0.3, -0.25) is 0 Å². The molecule has 2 aromatic rings. The van der Waals surface area contributed by atoms with Crippen molar-refractivity contribution in [3.05, 3.63) is 52.6 Å². The van der Waals surface area contributed by atoms with Gasteiger partial charge in [0.15, 0.2) is 0 Å². The van der Waals surface area contributed by atoms with Crippen molar-refractivity contribution in [3.8, 4) is 0 Å². The first-order valence-electron chi connectivity index (χ1n) is 7.63. The fourth-order valence-corrected chi connectivity index (χ4v) is 3.76. The van der Waals surface area contributed by atoms with Crippen LogP contribution in [0, 0.1) is 0 Å². The van der Waals surface area contributed by atoms with Gasteiger partial charge in [0.2, 0.25) is 0 Å². The van der Waals surface area contributed by atoms with Crippen LogP contribution in [0.5, 0.6) is 0 Å². The Morgan fingerprint density at radius 3 is 2.95 bits per heavy atom. The van der Waals surface area contributed by atoms with Gasteiger partial charge in [-0.2, -0.15) is 0 Å². The van der Waals surface area contributed by atoms with E-state index in [1.165, 1.54) is 34.7 Å². The van der Waals surface area contributed by atoms with Gasteiger partial charge in [0.1, 0.15) is 0 Å². The second-order valence-electron chi connectivity index (χ2n) is 6.19. The summed E-state index contributed by atoms with van der Waals surface area (Å²) in [6.07, 6.45) is 8.50. The molecule has 102 valence electrons. The topological polar surface area (TPSA) is 9.23 Å². The third-order valence-electron chi connectivity index (χ3n) is 4.49. The lowest BCUT2D eigenvalue weighted by Crippen LogP contribution is -2.10. The first kappa shape index (κ1) is 12.2. The zero-order valence-corrected chi connectivity index (χ0v) is 12.1. The van der Waals surface area contributed by atoms with Gasteiger partial charge in [-0.05, 0) is 65.8 Å². The molecule has 1 heteroatoms. The second kappa shape index (κ2) is 4.46. The zero-order valence-electron chi connectivity index (χ0n) is 12.1. The van der Waals surface area contributed by atoms with Crippen LogP contribution in [0.15, 0.2) is 30.3 Å². The first-order valence-corrected chi connectivity index (χ1v) is 7.63. The molecule has 1 nitrogen and oxygen atoms in total. The average molecular weight is 264 g/mol. The van der Waals surface area contributed by atoms with E-state index in [-0.39, 0.29) is 12.2 Å². The number of fused-ring (bicyclic) bond motifs is 2. The van der Waals surface area contributed by atoms with E-state index in [9.17, 15) is 0 Å². The molecule has 0 radical (unpaired) electrons. The molecular weight excluding hydrogens is 244 g/mol. The summed E-state index contributed by atoms with van der Waals surface area (Å²) in [6.45, 7) is 4.25. The van der Waals surface area contributed by atoms with Crippen LogP contribution in [0.1, 0.15) is 48.6 Å². The molecule has 0 fully saturated rings. The molecule has 2 aliphatic rings. The van der Waals surface area contributed by atoms with Crippen molar-refractivity contribution in [1.29, 1.82) is 0 Å². The summed E-state index contributed by atoms with van der Waals surface area (Å²) in [5.74, 6) is 0. The first-order chi connectivity index (χ1) is 9.74. The van der Waals surface area contributed by atoms with Gasteiger partial charge < -0.3 is 4.74 Å². The van der Waals surface area contributed by atoms with Crippen molar-refractivity contribution >= 4 is 16.8 Å². The smallest absolute Gasteiger partial charge is 0.0875 e. The lowest BCUT2D eigenvalue weighted by Gasteiger charge is -2.17. The van der Waals surface area contributed by atoms with Crippen LogP contribution in [0.3, 0.4) is 0 Å². The molecule has 0 aliphatic heterocycles. The zero-order chi connectivity index (χ0) is 13.7. The quantitative estimate of drug-likeness (QED) is 0.755. The van der Waals surface area contributed by atoms with Crippen LogP contribution in [0.4, 0.5) is 0 Å². The van der Waals surface area contributed by atoms with Gasteiger partial charge in [-0.15, -0.1) is 0 Å². The van der Waals surface area contributed by atoms with Crippen molar-refractivity contribution in [1.82, 2.24) is 0 Å². The van der Waals surface area contributed by atoms with E-state index in [0.29, 0.717) is 0 Å². The van der Waals surface area contributed by atoms with Crippen molar-refractivity contribution in [2.45, 2.75) is 45.3 Å². The number of benzene rings is 2. The van der Waals surface area contributed by atoms with E-state index in [1.807, 2.05) is 0 Å². The highest BCUT2D eigenvalue weighted by Crippen LogP contribution is 2.43. The molecule has 0 saturated heterocycles. The Labute approximate surface area is 120 Å². The third-order valence-corrected chi connectivity index (χ3v) is 4.49. The highest BCUT2D eigenvalue weighted by atomic mass is 16.5. The van der Waals surface area contributed by atoms with Crippen LogP contribution in [0.2, 0.25) is 0 Å². The summed E-state index contributed by atoms with van der Waals surface area (Å²) in [5.41, 5.74) is 5.91. The predicted molar refractivity (Wildman–Crippen MR) is 84.0 cm³/mol. The Balaban J connectivity index is 1.95. The fraction of sp³-hybridized carbons (Fsp3) is 0.368. The molecule has 0 saturated carbocycles. The van der Waals surface area contributed by atoms with Crippen molar-refractivity contribution in [3.63, 3.8) is 0 Å². The average Bonchev–Trinajstić information content (AvgIpc) is 2.79. The van der Waals surface area contributed by atoms with Gasteiger partial charge in [-0.25, -0.2) is 0 Å². The second-order valence-corrected chi connectivity index (χ2v) is 6.19. The standard InChI is InChI=1S/C19H20O/c1-12(2)20-18-11-17-15-8-4-3-6-13(15)10-14-7-5-9-16(18)19(14)17/h3,5-7,9-10,12,18H,4,8,11H2,1-2H3. The molecule has 20 heavy (non-hydrogen) atoms. The normalized spacial score (nSPS) is 19.9. The molecule has 0 heterocycles. The van der Waals surface area contributed by atoms with E-state index >= 15 is 0 Å². The van der Waals surface area contributed by atoms with Crippen LogP contribution < -0.4 is 0 Å². The number of ether oxygens (including phenoxy) is 1. The lowest BCUT2D eigenvalue weighted by molar-refractivity contribution is 0.0104. The van der Waals surface area contributed by atoms with Crippen molar-refractivity contribution in [2.24, 2.45) is 0 Å². The maximum absolute atomic E-state index is 6.16. The Hall–Kier alpha value is -1.60. The Kier molecular flexibility index (Phi) is 2.71. The minimum absolute atomic E-state index is 0.242. The summed E-state index contributed by atoms with van der Waals surface area (Å²) < 4.78 is 6.16. The fourth-order valence-electron chi connectivity index (χ4n) is 3.76. The molecule has 2 aliphatic carbocycles. The molecule has 1 atom stereocenters. The largest absolute Gasteiger partial charge is 0.371 e. The molecular formula is C19H20O. The molecule has 1 unspecified atom stereocenters. The Morgan fingerprint density at radius 2 is 2.10 bits per heavy atom. The summed E-state index contributed by atoms with van der Waals surface area (Å²) in [4.78, 5) is 0. The van der Waals surface area contributed by atoms with Gasteiger partial charge in [0.25, 0.3) is 0 Å². The summed E-state index contributed by atoms with van der Waals surface area (Å²) in [5, 5.41) is 2.84. The molecule has 0 spiro atoms. The highest BCUT2D eigenvalue weighted by molar-refractivity contribution is 5.94. The van der Waals surface area contributed by atoms with E-state index in [1.54, 1.807) is 11.1 Å². The SMILES string of the molecule is CC(C)OC1Cc2c3c(cc4cccc1c24)C=CCC3. The van der Waals surface area contributed by atoms with E-state index in [0.717, 1.165) is 6.42 Å². The van der Waals surface area contributed by atoms with Crippen LogP contribution >= 0.6 is 0 Å². The lowest BCUT2D eigenvalue weighted by atomic mass is 9.89. The number of allylic oxidation sites excluding steroid dienone is 1. The Morgan fingerprint density at radius 1 is 1.20 bits per heavy atom.